The van der Waals surface area contributed by atoms with Crippen LogP contribution in [0.3, 0.4) is 0 Å². The summed E-state index contributed by atoms with van der Waals surface area (Å²) in [5.41, 5.74) is 4.91. The van der Waals surface area contributed by atoms with Crippen LogP contribution < -0.4 is 16.4 Å². The smallest absolute Gasteiger partial charge is 0.410 e. The Labute approximate surface area is 174 Å². The highest BCUT2D eigenvalue weighted by atomic mass is 16.6. The van der Waals surface area contributed by atoms with Crippen LogP contribution in [0.2, 0.25) is 0 Å². The molecule has 0 unspecified atom stereocenters. The van der Waals surface area contributed by atoms with E-state index in [9.17, 15) is 9.59 Å². The van der Waals surface area contributed by atoms with Crippen LogP contribution in [0.25, 0.3) is 0 Å². The summed E-state index contributed by atoms with van der Waals surface area (Å²) in [6, 6.07) is 0.195. The molecule has 2 aliphatic rings. The molecule has 166 valence electrons. The van der Waals surface area contributed by atoms with Crippen LogP contribution in [0.4, 0.5) is 4.79 Å². The number of likely N-dealkylation sites (tertiary alicyclic amines) is 2. The number of unbranched alkanes of at least 4 members (excludes halogenated alkanes) is 1. The van der Waals surface area contributed by atoms with Gasteiger partial charge in [-0.25, -0.2) is 4.79 Å². The van der Waals surface area contributed by atoms with Crippen molar-refractivity contribution in [1.29, 1.82) is 0 Å². The lowest BCUT2D eigenvalue weighted by Gasteiger charge is -2.40. The minimum atomic E-state index is -0.467. The van der Waals surface area contributed by atoms with Crippen molar-refractivity contribution in [1.82, 2.24) is 20.4 Å². The number of carbonyl (C=O) groups is 2. The van der Waals surface area contributed by atoms with Crippen molar-refractivity contribution in [2.24, 2.45) is 16.6 Å². The standard InChI is InChI=1S/C20H38N6O3/c1-20(2,3)29-19(28)26-13-16(14-26)24-18(22-4)23-9-5-6-10-25-11-7-15(8-12-25)17(21)27/h15-16H,5-14H2,1-4H3,(H2,21,27)(H2,22,23,24). The summed E-state index contributed by atoms with van der Waals surface area (Å²) < 4.78 is 5.37. The maximum absolute atomic E-state index is 12.0. The summed E-state index contributed by atoms with van der Waals surface area (Å²) in [5, 5.41) is 6.68. The molecule has 0 aliphatic carbocycles. The zero-order valence-electron chi connectivity index (χ0n) is 18.4. The first-order chi connectivity index (χ1) is 13.7. The van der Waals surface area contributed by atoms with Crippen molar-refractivity contribution < 1.29 is 14.3 Å². The number of hydrogen-bond donors (Lipinski definition) is 3. The summed E-state index contributed by atoms with van der Waals surface area (Å²) in [6.45, 7) is 10.7. The van der Waals surface area contributed by atoms with Crippen LogP contribution >= 0.6 is 0 Å². The van der Waals surface area contributed by atoms with Crippen molar-refractivity contribution in [2.75, 3.05) is 46.3 Å². The molecule has 9 heteroatoms. The molecule has 2 rings (SSSR count). The number of aliphatic imine (C=N–C) groups is 1. The summed E-state index contributed by atoms with van der Waals surface area (Å²) >= 11 is 0. The number of nitrogens with two attached hydrogens (primary N) is 1. The number of nitrogens with zero attached hydrogens (tertiary/aromatic N) is 3. The SMILES string of the molecule is CN=C(NCCCCN1CCC(C(N)=O)CC1)NC1CN(C(=O)OC(C)(C)C)C1. The number of ether oxygens (including phenoxy) is 1. The van der Waals surface area contributed by atoms with Gasteiger partial charge in [-0.2, -0.15) is 0 Å². The van der Waals surface area contributed by atoms with Gasteiger partial charge in [-0.05, 0) is 66.1 Å². The Hall–Kier alpha value is -2.03. The van der Waals surface area contributed by atoms with Gasteiger partial charge in [0, 0.05) is 32.6 Å². The fourth-order valence-corrected chi connectivity index (χ4v) is 3.54. The maximum atomic E-state index is 12.0. The predicted octanol–water partition coefficient (Wildman–Crippen LogP) is 0.748. The average molecular weight is 411 g/mol. The number of rotatable bonds is 7. The first-order valence-electron chi connectivity index (χ1n) is 10.6. The van der Waals surface area contributed by atoms with E-state index in [0.717, 1.165) is 57.8 Å². The lowest BCUT2D eigenvalue weighted by Crippen LogP contribution is -2.63. The molecule has 29 heavy (non-hydrogen) atoms. The molecule has 2 heterocycles. The molecule has 2 amide bonds. The Morgan fingerprint density at radius 1 is 1.17 bits per heavy atom. The molecule has 0 radical (unpaired) electrons. The molecule has 0 saturated carbocycles. The normalized spacial score (nSPS) is 19.6. The molecular formula is C20H38N6O3. The van der Waals surface area contributed by atoms with Gasteiger partial charge >= 0.3 is 6.09 Å². The third-order valence-corrected chi connectivity index (χ3v) is 5.28. The summed E-state index contributed by atoms with van der Waals surface area (Å²) in [5.74, 6) is 0.662. The number of primary amides is 1. The Morgan fingerprint density at radius 2 is 1.83 bits per heavy atom. The summed E-state index contributed by atoms with van der Waals surface area (Å²) in [6.07, 6.45) is 3.64. The van der Waals surface area contributed by atoms with Gasteiger partial charge in [0.2, 0.25) is 5.91 Å². The van der Waals surface area contributed by atoms with Crippen molar-refractivity contribution >= 4 is 18.0 Å². The van der Waals surface area contributed by atoms with Crippen LogP contribution in [-0.2, 0) is 9.53 Å². The predicted molar refractivity (Wildman–Crippen MR) is 114 cm³/mol. The van der Waals surface area contributed by atoms with E-state index in [2.05, 4.69) is 20.5 Å². The fraction of sp³-hybridized carbons (Fsp3) is 0.850. The molecule has 0 atom stereocenters. The molecule has 0 aromatic carbocycles. The van der Waals surface area contributed by atoms with Gasteiger partial charge in [-0.3, -0.25) is 9.79 Å². The number of piperidine rings is 1. The van der Waals surface area contributed by atoms with E-state index in [1.165, 1.54) is 0 Å². The minimum absolute atomic E-state index is 0.0556. The fourth-order valence-electron chi connectivity index (χ4n) is 3.54. The maximum Gasteiger partial charge on any atom is 0.410 e. The van der Waals surface area contributed by atoms with E-state index < -0.39 is 5.60 Å². The van der Waals surface area contributed by atoms with Crippen LogP contribution in [0.1, 0.15) is 46.5 Å². The molecule has 0 aromatic heterocycles. The number of amides is 2. The Balaban J connectivity index is 1.53. The quantitative estimate of drug-likeness (QED) is 0.324. The van der Waals surface area contributed by atoms with E-state index in [1.807, 2.05) is 20.8 Å². The number of nitrogens with one attached hydrogen (secondary N) is 2. The molecule has 9 nitrogen and oxygen atoms in total. The molecule has 0 spiro atoms. The molecule has 2 fully saturated rings. The Bertz CT molecular complexity index is 575. The second-order valence-corrected chi connectivity index (χ2v) is 8.95. The highest BCUT2D eigenvalue weighted by molar-refractivity contribution is 5.80. The van der Waals surface area contributed by atoms with E-state index in [-0.39, 0.29) is 24.0 Å². The Morgan fingerprint density at radius 3 is 2.38 bits per heavy atom. The highest BCUT2D eigenvalue weighted by Gasteiger charge is 2.34. The largest absolute Gasteiger partial charge is 0.444 e. The third-order valence-electron chi connectivity index (χ3n) is 5.28. The zero-order chi connectivity index (χ0) is 21.4. The van der Waals surface area contributed by atoms with Gasteiger partial charge in [0.1, 0.15) is 5.60 Å². The summed E-state index contributed by atoms with van der Waals surface area (Å²) in [7, 11) is 1.75. The van der Waals surface area contributed by atoms with Gasteiger partial charge in [-0.1, -0.05) is 0 Å². The molecular weight excluding hydrogens is 372 g/mol. The van der Waals surface area contributed by atoms with Gasteiger partial charge in [0.15, 0.2) is 5.96 Å². The van der Waals surface area contributed by atoms with Crippen molar-refractivity contribution in [2.45, 2.75) is 58.1 Å². The third kappa shape index (κ3) is 8.08. The van der Waals surface area contributed by atoms with E-state index in [4.69, 9.17) is 10.5 Å². The van der Waals surface area contributed by atoms with Crippen LogP contribution in [-0.4, -0.2) is 85.7 Å². The van der Waals surface area contributed by atoms with E-state index >= 15 is 0 Å². The molecule has 2 aliphatic heterocycles. The van der Waals surface area contributed by atoms with Crippen LogP contribution in [0.5, 0.6) is 0 Å². The van der Waals surface area contributed by atoms with Crippen LogP contribution in [0, 0.1) is 5.92 Å². The first-order valence-corrected chi connectivity index (χ1v) is 10.6. The topological polar surface area (TPSA) is 112 Å². The van der Waals surface area contributed by atoms with Gasteiger partial charge in [0.25, 0.3) is 0 Å². The van der Waals surface area contributed by atoms with Crippen LogP contribution in [0.15, 0.2) is 4.99 Å². The van der Waals surface area contributed by atoms with E-state index in [1.54, 1.807) is 11.9 Å². The molecule has 0 bridgehead atoms. The molecule has 2 saturated heterocycles. The zero-order valence-corrected chi connectivity index (χ0v) is 18.4. The molecule has 0 aromatic rings. The number of hydrogen-bond acceptors (Lipinski definition) is 5. The number of guanidine groups is 1. The minimum Gasteiger partial charge on any atom is -0.444 e. The van der Waals surface area contributed by atoms with Gasteiger partial charge in [-0.15, -0.1) is 0 Å². The number of carbonyl (C=O) groups excluding carboxylic acids is 2. The highest BCUT2D eigenvalue weighted by Crippen LogP contribution is 2.17. The first kappa shape index (κ1) is 23.3. The molecule has 4 N–H and O–H groups in total. The lowest BCUT2D eigenvalue weighted by molar-refractivity contribution is -0.123. The van der Waals surface area contributed by atoms with Gasteiger partial charge in [0.05, 0.1) is 6.04 Å². The monoisotopic (exact) mass is 410 g/mol. The average Bonchev–Trinajstić information content (AvgIpc) is 2.61. The van der Waals surface area contributed by atoms with Crippen molar-refractivity contribution in [3.8, 4) is 0 Å². The Kier molecular flexibility index (Phi) is 8.55. The van der Waals surface area contributed by atoms with Crippen molar-refractivity contribution in [3.63, 3.8) is 0 Å². The van der Waals surface area contributed by atoms with E-state index in [0.29, 0.717) is 13.1 Å². The second kappa shape index (κ2) is 10.7. The second-order valence-electron chi connectivity index (χ2n) is 8.95. The van der Waals surface area contributed by atoms with Crippen molar-refractivity contribution in [3.05, 3.63) is 0 Å². The lowest BCUT2D eigenvalue weighted by atomic mass is 9.96. The summed E-state index contributed by atoms with van der Waals surface area (Å²) in [4.78, 5) is 31.5. The van der Waals surface area contributed by atoms with Gasteiger partial charge < -0.3 is 30.9 Å².